The van der Waals surface area contributed by atoms with Gasteiger partial charge in [-0.25, -0.2) is 0 Å². The van der Waals surface area contributed by atoms with Crippen LogP contribution in [0.15, 0.2) is 0 Å². The number of carbonyl (C=O) groups excluding carboxylic acids is 2. The van der Waals surface area contributed by atoms with Crippen LogP contribution in [0, 0.1) is 0 Å². The van der Waals surface area contributed by atoms with Crippen molar-refractivity contribution in [3.05, 3.63) is 0 Å². The molecule has 4 heteroatoms. The largest absolute Gasteiger partial charge is 0.299 e. The first-order valence-corrected chi connectivity index (χ1v) is 4.97. The topological polar surface area (TPSA) is 34.1 Å². The van der Waals surface area contributed by atoms with Gasteiger partial charge in [-0.15, -0.1) is 9.24 Å². The van der Waals surface area contributed by atoms with Crippen LogP contribution in [0.1, 0.15) is 12.8 Å². The minimum atomic E-state index is -0.112. The minimum absolute atomic E-state index is 0.0677. The SMILES string of the molecule is O=C1CC(I)C(=O)CC1P. The molecule has 0 aliphatic heterocycles. The lowest BCUT2D eigenvalue weighted by molar-refractivity contribution is -0.127. The Morgan fingerprint density at radius 2 is 1.90 bits per heavy atom. The van der Waals surface area contributed by atoms with Gasteiger partial charge in [0.15, 0.2) is 0 Å². The first-order valence-electron chi connectivity index (χ1n) is 3.06. The van der Waals surface area contributed by atoms with Crippen molar-refractivity contribution in [3.63, 3.8) is 0 Å². The summed E-state index contributed by atoms with van der Waals surface area (Å²) in [5.41, 5.74) is -0.112. The average molecular weight is 270 g/mol. The molecule has 3 atom stereocenters. The zero-order chi connectivity index (χ0) is 7.72. The molecule has 0 aromatic rings. The van der Waals surface area contributed by atoms with E-state index in [0.717, 1.165) is 0 Å². The van der Waals surface area contributed by atoms with Gasteiger partial charge in [0, 0.05) is 18.5 Å². The number of ketones is 2. The number of Topliss-reactive ketones (excluding diaryl/α,β-unsaturated/α-hetero) is 2. The van der Waals surface area contributed by atoms with Crippen LogP contribution in [0.25, 0.3) is 0 Å². The first-order chi connectivity index (χ1) is 4.61. The van der Waals surface area contributed by atoms with E-state index in [1.807, 2.05) is 22.6 Å². The summed E-state index contributed by atoms with van der Waals surface area (Å²) in [7, 11) is 2.41. The van der Waals surface area contributed by atoms with Gasteiger partial charge in [-0.2, -0.15) is 0 Å². The van der Waals surface area contributed by atoms with E-state index in [9.17, 15) is 9.59 Å². The number of rotatable bonds is 0. The molecule has 0 N–H and O–H groups in total. The van der Waals surface area contributed by atoms with E-state index >= 15 is 0 Å². The van der Waals surface area contributed by atoms with E-state index in [1.54, 1.807) is 0 Å². The van der Waals surface area contributed by atoms with Crippen LogP contribution in [0.2, 0.25) is 0 Å². The first kappa shape index (κ1) is 8.60. The van der Waals surface area contributed by atoms with Crippen molar-refractivity contribution in [2.24, 2.45) is 0 Å². The number of halogens is 1. The molecular formula is C6H8IO2P. The third kappa shape index (κ3) is 1.76. The second kappa shape index (κ2) is 3.26. The van der Waals surface area contributed by atoms with E-state index in [0.29, 0.717) is 12.8 Å². The monoisotopic (exact) mass is 270 g/mol. The molecule has 1 aliphatic rings. The summed E-state index contributed by atoms with van der Waals surface area (Å²) >= 11 is 2.03. The molecule has 0 aromatic heterocycles. The van der Waals surface area contributed by atoms with Crippen LogP contribution in [-0.4, -0.2) is 21.2 Å². The highest BCUT2D eigenvalue weighted by Gasteiger charge is 2.30. The summed E-state index contributed by atoms with van der Waals surface area (Å²) in [4.78, 5) is 21.9. The molecule has 1 saturated carbocycles. The van der Waals surface area contributed by atoms with Crippen LogP contribution in [-0.2, 0) is 9.59 Å². The van der Waals surface area contributed by atoms with Crippen molar-refractivity contribution in [2.75, 3.05) is 0 Å². The summed E-state index contributed by atoms with van der Waals surface area (Å²) in [6.07, 6.45) is 0.838. The molecule has 0 spiro atoms. The predicted molar refractivity (Wildman–Crippen MR) is 50.6 cm³/mol. The summed E-state index contributed by atoms with van der Waals surface area (Å²) in [5, 5.41) is 0. The quantitative estimate of drug-likeness (QED) is 0.373. The maximum Gasteiger partial charge on any atom is 0.147 e. The normalized spacial score (nSPS) is 34.6. The molecule has 0 aromatic carbocycles. The third-order valence-electron chi connectivity index (χ3n) is 1.56. The Kier molecular flexibility index (Phi) is 2.81. The smallest absolute Gasteiger partial charge is 0.147 e. The molecule has 3 unspecified atom stereocenters. The highest BCUT2D eigenvalue weighted by molar-refractivity contribution is 14.1. The molecule has 0 saturated heterocycles. The fraction of sp³-hybridized carbons (Fsp3) is 0.667. The maximum absolute atomic E-state index is 11.0. The van der Waals surface area contributed by atoms with Gasteiger partial charge >= 0.3 is 0 Å². The Bertz CT molecular complexity index is 161. The lowest BCUT2D eigenvalue weighted by Gasteiger charge is -2.18. The third-order valence-corrected chi connectivity index (χ3v) is 3.31. The van der Waals surface area contributed by atoms with Crippen molar-refractivity contribution in [1.82, 2.24) is 0 Å². The van der Waals surface area contributed by atoms with Gasteiger partial charge in [-0.3, -0.25) is 9.59 Å². The summed E-state index contributed by atoms with van der Waals surface area (Å²) < 4.78 is -0.0677. The summed E-state index contributed by atoms with van der Waals surface area (Å²) in [6, 6.07) is 0. The zero-order valence-corrected chi connectivity index (χ0v) is 8.65. The fourth-order valence-corrected chi connectivity index (χ4v) is 1.96. The minimum Gasteiger partial charge on any atom is -0.299 e. The lowest BCUT2D eigenvalue weighted by atomic mass is 9.97. The summed E-state index contributed by atoms with van der Waals surface area (Å²) in [5.74, 6) is 0.407. The Balaban J connectivity index is 2.63. The Labute approximate surface area is 75.5 Å². The van der Waals surface area contributed by atoms with Crippen LogP contribution >= 0.6 is 31.8 Å². The molecule has 0 radical (unpaired) electrons. The Hall–Kier alpha value is 0.500. The lowest BCUT2D eigenvalue weighted by Crippen LogP contribution is -2.32. The van der Waals surface area contributed by atoms with Gasteiger partial charge in [0.1, 0.15) is 11.6 Å². The maximum atomic E-state index is 11.0. The van der Waals surface area contributed by atoms with Gasteiger partial charge in [0.2, 0.25) is 0 Å². The van der Waals surface area contributed by atoms with E-state index < -0.39 is 0 Å². The Morgan fingerprint density at radius 3 is 2.40 bits per heavy atom. The molecule has 0 heterocycles. The molecule has 1 fully saturated rings. The van der Waals surface area contributed by atoms with Gasteiger partial charge in [0.05, 0.1) is 3.92 Å². The van der Waals surface area contributed by atoms with Crippen molar-refractivity contribution < 1.29 is 9.59 Å². The van der Waals surface area contributed by atoms with Crippen LogP contribution in [0.4, 0.5) is 0 Å². The van der Waals surface area contributed by atoms with Crippen molar-refractivity contribution >= 4 is 43.4 Å². The molecule has 0 bridgehead atoms. The van der Waals surface area contributed by atoms with Crippen LogP contribution < -0.4 is 0 Å². The van der Waals surface area contributed by atoms with Gasteiger partial charge in [-0.05, 0) is 0 Å². The number of hydrogen-bond donors (Lipinski definition) is 0. The highest BCUT2D eigenvalue weighted by atomic mass is 127. The average Bonchev–Trinajstić information content (AvgIpc) is 1.84. The van der Waals surface area contributed by atoms with Crippen molar-refractivity contribution in [1.29, 1.82) is 0 Å². The van der Waals surface area contributed by atoms with Crippen molar-refractivity contribution in [2.45, 2.75) is 22.4 Å². The highest BCUT2D eigenvalue weighted by Crippen LogP contribution is 2.23. The molecule has 1 aliphatic carbocycles. The molecule has 1 rings (SSSR count). The van der Waals surface area contributed by atoms with Crippen LogP contribution in [0.3, 0.4) is 0 Å². The van der Waals surface area contributed by atoms with Crippen LogP contribution in [0.5, 0.6) is 0 Å². The molecule has 56 valence electrons. The number of hydrogen-bond acceptors (Lipinski definition) is 2. The van der Waals surface area contributed by atoms with Crippen molar-refractivity contribution in [3.8, 4) is 0 Å². The fourth-order valence-electron chi connectivity index (χ4n) is 0.900. The van der Waals surface area contributed by atoms with Gasteiger partial charge in [0.25, 0.3) is 0 Å². The molecular weight excluding hydrogens is 262 g/mol. The second-order valence-electron chi connectivity index (χ2n) is 2.41. The standard InChI is InChI=1S/C6H8IO2P/c7-3-1-5(9)6(10)2-4(3)8/h3,6H,1-2,10H2. The van der Waals surface area contributed by atoms with E-state index in [1.165, 1.54) is 0 Å². The van der Waals surface area contributed by atoms with Gasteiger partial charge in [-0.1, -0.05) is 22.6 Å². The van der Waals surface area contributed by atoms with E-state index in [-0.39, 0.29) is 21.2 Å². The van der Waals surface area contributed by atoms with Gasteiger partial charge < -0.3 is 0 Å². The zero-order valence-electron chi connectivity index (χ0n) is 5.34. The molecule has 2 nitrogen and oxygen atoms in total. The Morgan fingerprint density at radius 1 is 1.30 bits per heavy atom. The second-order valence-corrected chi connectivity index (χ2v) is 4.72. The number of carbonyl (C=O) groups is 2. The molecule has 0 amide bonds. The predicted octanol–water partition coefficient (Wildman–Crippen LogP) is 0.966. The van der Waals surface area contributed by atoms with E-state index in [4.69, 9.17) is 0 Å². The number of alkyl halides is 1. The van der Waals surface area contributed by atoms with E-state index in [2.05, 4.69) is 9.24 Å². The molecule has 10 heavy (non-hydrogen) atoms. The summed E-state index contributed by atoms with van der Waals surface area (Å²) in [6.45, 7) is 0.